The van der Waals surface area contributed by atoms with Gasteiger partial charge in [0.25, 0.3) is 0 Å². The normalized spacial score (nSPS) is 10.2. The van der Waals surface area contributed by atoms with Crippen LogP contribution in [0, 0.1) is 0 Å². The Hall–Kier alpha value is 0.130. The highest BCUT2D eigenvalue weighted by Crippen LogP contribution is 2.25. The molecule has 1 aromatic heterocycles. The van der Waals surface area contributed by atoms with Crippen LogP contribution in [0.5, 0.6) is 0 Å². The van der Waals surface area contributed by atoms with Crippen molar-refractivity contribution >= 4 is 49.4 Å². The molecule has 0 N–H and O–H groups in total. The molecule has 0 radical (unpaired) electrons. The standard InChI is InChI=1S/C9H9Br2NOS/c1-2-14-8-3-6(11)5-12-9(8)7(13)4-10/h3,5H,2,4H2,1H3. The van der Waals surface area contributed by atoms with Gasteiger partial charge < -0.3 is 0 Å². The van der Waals surface area contributed by atoms with E-state index in [1.807, 2.05) is 13.0 Å². The van der Waals surface area contributed by atoms with Crippen molar-refractivity contribution in [2.75, 3.05) is 11.1 Å². The second-order valence-electron chi connectivity index (χ2n) is 2.49. The van der Waals surface area contributed by atoms with Gasteiger partial charge in [0, 0.05) is 15.6 Å². The van der Waals surface area contributed by atoms with E-state index in [4.69, 9.17) is 0 Å². The van der Waals surface area contributed by atoms with Crippen LogP contribution in [0.1, 0.15) is 17.4 Å². The molecule has 0 fully saturated rings. The van der Waals surface area contributed by atoms with Gasteiger partial charge in [0.15, 0.2) is 5.78 Å². The molecule has 0 atom stereocenters. The van der Waals surface area contributed by atoms with Gasteiger partial charge in [-0.15, -0.1) is 11.8 Å². The number of aromatic nitrogens is 1. The third-order valence-corrected chi connectivity index (χ3v) is 3.36. The van der Waals surface area contributed by atoms with Crippen molar-refractivity contribution in [3.63, 3.8) is 0 Å². The molecule has 0 aliphatic rings. The molecule has 0 spiro atoms. The van der Waals surface area contributed by atoms with Gasteiger partial charge in [-0.1, -0.05) is 22.9 Å². The van der Waals surface area contributed by atoms with Crippen LogP contribution in [0.3, 0.4) is 0 Å². The highest BCUT2D eigenvalue weighted by molar-refractivity contribution is 9.10. The summed E-state index contributed by atoms with van der Waals surface area (Å²) in [7, 11) is 0. The Bertz CT molecular complexity index is 344. The summed E-state index contributed by atoms with van der Waals surface area (Å²) < 4.78 is 0.902. The molecule has 0 aliphatic carbocycles. The maximum atomic E-state index is 11.5. The molecular formula is C9H9Br2NOS. The first-order chi connectivity index (χ1) is 6.69. The lowest BCUT2D eigenvalue weighted by Gasteiger charge is -2.05. The summed E-state index contributed by atoms with van der Waals surface area (Å²) in [6, 6.07) is 1.93. The quantitative estimate of drug-likeness (QED) is 0.478. The molecule has 1 rings (SSSR count). The molecule has 0 saturated heterocycles. The number of alkyl halides is 1. The molecule has 0 bridgehead atoms. The van der Waals surface area contributed by atoms with Gasteiger partial charge in [-0.2, -0.15) is 0 Å². The molecular weight excluding hydrogens is 330 g/mol. The SMILES string of the molecule is CCSc1cc(Br)cnc1C(=O)CBr. The summed E-state index contributed by atoms with van der Waals surface area (Å²) in [4.78, 5) is 16.5. The summed E-state index contributed by atoms with van der Waals surface area (Å²) in [5.74, 6) is 0.953. The molecule has 0 amide bonds. The van der Waals surface area contributed by atoms with Crippen LogP contribution >= 0.6 is 43.6 Å². The van der Waals surface area contributed by atoms with Gasteiger partial charge in [-0.3, -0.25) is 9.78 Å². The van der Waals surface area contributed by atoms with Crippen LogP contribution in [0.4, 0.5) is 0 Å². The van der Waals surface area contributed by atoms with Crippen molar-refractivity contribution in [2.45, 2.75) is 11.8 Å². The minimum absolute atomic E-state index is 0.0217. The zero-order valence-electron chi connectivity index (χ0n) is 7.59. The molecule has 1 aromatic rings. The Morgan fingerprint density at radius 3 is 2.93 bits per heavy atom. The Balaban J connectivity index is 3.07. The number of hydrogen-bond donors (Lipinski definition) is 0. The van der Waals surface area contributed by atoms with Gasteiger partial charge in [-0.25, -0.2) is 0 Å². The lowest BCUT2D eigenvalue weighted by molar-refractivity contribution is 0.101. The number of rotatable bonds is 4. The average molecular weight is 339 g/mol. The van der Waals surface area contributed by atoms with Crippen LogP contribution in [0.2, 0.25) is 0 Å². The number of halogens is 2. The lowest BCUT2D eigenvalue weighted by atomic mass is 10.3. The fourth-order valence-corrected chi connectivity index (χ4v) is 2.53. The van der Waals surface area contributed by atoms with Gasteiger partial charge in [0.05, 0.1) is 5.33 Å². The summed E-state index contributed by atoms with van der Waals surface area (Å²) >= 11 is 8.11. The van der Waals surface area contributed by atoms with Crippen molar-refractivity contribution in [3.8, 4) is 0 Å². The molecule has 2 nitrogen and oxygen atoms in total. The van der Waals surface area contributed by atoms with Gasteiger partial charge in [0.1, 0.15) is 5.69 Å². The van der Waals surface area contributed by atoms with E-state index in [0.29, 0.717) is 11.0 Å². The Morgan fingerprint density at radius 2 is 2.36 bits per heavy atom. The molecule has 0 aliphatic heterocycles. The number of Topliss-reactive ketones (excluding diaryl/α,β-unsaturated/α-hetero) is 1. The summed E-state index contributed by atoms with van der Waals surface area (Å²) in [6.45, 7) is 2.05. The minimum Gasteiger partial charge on any atom is -0.291 e. The predicted octanol–water partition coefficient (Wildman–Crippen LogP) is 3.53. The number of carbonyl (C=O) groups is 1. The first-order valence-corrected chi connectivity index (χ1v) is 6.96. The zero-order valence-corrected chi connectivity index (χ0v) is 11.6. The van der Waals surface area contributed by atoms with Gasteiger partial charge in [0.2, 0.25) is 0 Å². The summed E-state index contributed by atoms with van der Waals surface area (Å²) in [5, 5.41) is 0.318. The smallest absolute Gasteiger partial charge is 0.192 e. The van der Waals surface area contributed by atoms with Crippen molar-refractivity contribution in [1.82, 2.24) is 4.98 Å². The molecule has 76 valence electrons. The molecule has 0 aromatic carbocycles. The van der Waals surface area contributed by atoms with Crippen molar-refractivity contribution in [1.29, 1.82) is 0 Å². The first-order valence-electron chi connectivity index (χ1n) is 4.06. The van der Waals surface area contributed by atoms with Crippen LogP contribution in [-0.4, -0.2) is 21.9 Å². The summed E-state index contributed by atoms with van der Waals surface area (Å²) in [5.41, 5.74) is 0.553. The number of hydrogen-bond acceptors (Lipinski definition) is 3. The van der Waals surface area contributed by atoms with Crippen molar-refractivity contribution in [3.05, 3.63) is 22.4 Å². The van der Waals surface area contributed by atoms with E-state index in [1.54, 1.807) is 18.0 Å². The highest BCUT2D eigenvalue weighted by atomic mass is 79.9. The van der Waals surface area contributed by atoms with Crippen LogP contribution in [-0.2, 0) is 0 Å². The van der Waals surface area contributed by atoms with Crippen LogP contribution < -0.4 is 0 Å². The van der Waals surface area contributed by atoms with Crippen molar-refractivity contribution in [2.24, 2.45) is 0 Å². The van der Waals surface area contributed by atoms with Crippen LogP contribution in [0.15, 0.2) is 21.6 Å². The molecule has 0 unspecified atom stereocenters. The van der Waals surface area contributed by atoms with E-state index < -0.39 is 0 Å². The van der Waals surface area contributed by atoms with Gasteiger partial charge >= 0.3 is 0 Å². The number of thioether (sulfide) groups is 1. The van der Waals surface area contributed by atoms with E-state index in [0.717, 1.165) is 15.1 Å². The third-order valence-electron chi connectivity index (χ3n) is 1.50. The van der Waals surface area contributed by atoms with E-state index >= 15 is 0 Å². The second-order valence-corrected chi connectivity index (χ2v) is 5.27. The minimum atomic E-state index is 0.0217. The fourth-order valence-electron chi connectivity index (χ4n) is 0.959. The molecule has 0 saturated carbocycles. The number of pyridine rings is 1. The Labute approximate surface area is 104 Å². The monoisotopic (exact) mass is 337 g/mol. The maximum Gasteiger partial charge on any atom is 0.192 e. The number of carbonyl (C=O) groups excluding carboxylic acids is 1. The Kier molecular flexibility index (Phi) is 5.12. The number of nitrogens with zero attached hydrogens (tertiary/aromatic N) is 1. The first kappa shape index (κ1) is 12.2. The Morgan fingerprint density at radius 1 is 1.64 bits per heavy atom. The molecule has 1 heterocycles. The second kappa shape index (κ2) is 5.88. The van der Waals surface area contributed by atoms with Crippen molar-refractivity contribution < 1.29 is 4.79 Å². The summed E-state index contributed by atoms with van der Waals surface area (Å²) in [6.07, 6.45) is 1.65. The van der Waals surface area contributed by atoms with E-state index in [2.05, 4.69) is 36.8 Å². The van der Waals surface area contributed by atoms with E-state index in [9.17, 15) is 4.79 Å². The fraction of sp³-hybridized carbons (Fsp3) is 0.333. The molecule has 5 heteroatoms. The number of ketones is 1. The van der Waals surface area contributed by atoms with E-state index in [-0.39, 0.29) is 5.78 Å². The van der Waals surface area contributed by atoms with Crippen LogP contribution in [0.25, 0.3) is 0 Å². The molecule has 14 heavy (non-hydrogen) atoms. The van der Waals surface area contributed by atoms with E-state index in [1.165, 1.54) is 0 Å². The zero-order chi connectivity index (χ0) is 10.6. The lowest BCUT2D eigenvalue weighted by Crippen LogP contribution is -2.05. The predicted molar refractivity (Wildman–Crippen MR) is 66.5 cm³/mol. The highest BCUT2D eigenvalue weighted by Gasteiger charge is 2.12. The maximum absolute atomic E-state index is 11.5. The topological polar surface area (TPSA) is 30.0 Å². The van der Waals surface area contributed by atoms with Gasteiger partial charge in [-0.05, 0) is 27.7 Å². The largest absolute Gasteiger partial charge is 0.291 e. The third kappa shape index (κ3) is 3.07. The average Bonchev–Trinajstić information content (AvgIpc) is 2.17.